The first-order valence-electron chi connectivity index (χ1n) is 8.40. The van der Waals surface area contributed by atoms with Gasteiger partial charge in [-0.25, -0.2) is 0 Å². The molecule has 22 heavy (non-hydrogen) atoms. The maximum absolute atomic E-state index is 12.1. The summed E-state index contributed by atoms with van der Waals surface area (Å²) in [4.78, 5) is 12.1. The molecule has 2 aliphatic rings. The molecule has 1 N–H and O–H groups in total. The lowest BCUT2D eigenvalue weighted by Crippen LogP contribution is -2.28. The second-order valence-corrected chi connectivity index (χ2v) is 6.46. The molecule has 120 valence electrons. The molecule has 0 bridgehead atoms. The normalized spacial score (nSPS) is 19.9. The highest BCUT2D eigenvalue weighted by Gasteiger charge is 2.24. The SMILES string of the molecule is C[C@H](OCC1CC1)C(=O)Nc1cccc(OC2CCCC2)c1. The monoisotopic (exact) mass is 303 g/mol. The van der Waals surface area contributed by atoms with Crippen molar-refractivity contribution in [1.29, 1.82) is 0 Å². The zero-order chi connectivity index (χ0) is 15.4. The van der Waals surface area contributed by atoms with Gasteiger partial charge in [0.05, 0.1) is 12.7 Å². The van der Waals surface area contributed by atoms with Gasteiger partial charge in [-0.2, -0.15) is 0 Å². The van der Waals surface area contributed by atoms with E-state index in [1.807, 2.05) is 24.3 Å². The summed E-state index contributed by atoms with van der Waals surface area (Å²) < 4.78 is 11.6. The zero-order valence-corrected chi connectivity index (χ0v) is 13.2. The minimum Gasteiger partial charge on any atom is -0.490 e. The number of carbonyl (C=O) groups is 1. The second kappa shape index (κ2) is 7.14. The summed E-state index contributed by atoms with van der Waals surface area (Å²) in [5.74, 6) is 1.40. The van der Waals surface area contributed by atoms with Crippen LogP contribution in [0.5, 0.6) is 5.75 Å². The lowest BCUT2D eigenvalue weighted by Gasteiger charge is -2.16. The van der Waals surface area contributed by atoms with Gasteiger partial charge in [0.25, 0.3) is 5.91 Å². The van der Waals surface area contributed by atoms with Crippen molar-refractivity contribution in [2.45, 2.75) is 57.7 Å². The topological polar surface area (TPSA) is 47.6 Å². The average Bonchev–Trinajstić information content (AvgIpc) is 3.21. The number of ether oxygens (including phenoxy) is 2. The number of hydrogen-bond acceptors (Lipinski definition) is 3. The molecule has 0 aromatic heterocycles. The fourth-order valence-corrected chi connectivity index (χ4v) is 2.73. The molecule has 2 fully saturated rings. The standard InChI is InChI=1S/C18H25NO3/c1-13(21-12-14-9-10-14)18(20)19-15-5-4-8-17(11-15)22-16-6-2-3-7-16/h4-5,8,11,13-14,16H,2-3,6-7,9-10,12H2,1H3,(H,19,20)/t13-/m0/s1. The van der Waals surface area contributed by atoms with E-state index >= 15 is 0 Å². The molecular weight excluding hydrogens is 278 g/mol. The summed E-state index contributed by atoms with van der Waals surface area (Å²) in [5, 5.41) is 2.91. The number of amides is 1. The Kier molecular flexibility index (Phi) is 4.98. The van der Waals surface area contributed by atoms with Crippen LogP contribution in [0.2, 0.25) is 0 Å². The fourth-order valence-electron chi connectivity index (χ4n) is 2.73. The van der Waals surface area contributed by atoms with Crippen molar-refractivity contribution in [3.63, 3.8) is 0 Å². The molecule has 1 aromatic carbocycles. The molecule has 0 saturated heterocycles. The van der Waals surface area contributed by atoms with E-state index < -0.39 is 6.10 Å². The van der Waals surface area contributed by atoms with Crippen LogP contribution in [0, 0.1) is 5.92 Å². The molecule has 1 amide bonds. The summed E-state index contributed by atoms with van der Waals surface area (Å²) >= 11 is 0. The van der Waals surface area contributed by atoms with Crippen molar-refractivity contribution >= 4 is 11.6 Å². The van der Waals surface area contributed by atoms with Gasteiger partial charge in [0.2, 0.25) is 0 Å². The average molecular weight is 303 g/mol. The molecule has 1 atom stereocenters. The van der Waals surface area contributed by atoms with Crippen molar-refractivity contribution < 1.29 is 14.3 Å². The third-order valence-corrected chi connectivity index (χ3v) is 4.35. The van der Waals surface area contributed by atoms with Crippen LogP contribution in [0.25, 0.3) is 0 Å². The second-order valence-electron chi connectivity index (χ2n) is 6.46. The number of carbonyl (C=O) groups excluding carboxylic acids is 1. The summed E-state index contributed by atoms with van der Waals surface area (Å²) in [6.45, 7) is 2.50. The summed E-state index contributed by atoms with van der Waals surface area (Å²) in [6.07, 6.45) is 7.12. The zero-order valence-electron chi connectivity index (χ0n) is 13.2. The predicted octanol–water partition coefficient (Wildman–Crippen LogP) is 3.76. The third-order valence-electron chi connectivity index (χ3n) is 4.35. The minimum absolute atomic E-state index is 0.0985. The molecule has 0 spiro atoms. The van der Waals surface area contributed by atoms with Gasteiger partial charge in [0.15, 0.2) is 0 Å². The van der Waals surface area contributed by atoms with Crippen LogP contribution in [0.4, 0.5) is 5.69 Å². The maximum Gasteiger partial charge on any atom is 0.253 e. The molecule has 0 heterocycles. The Hall–Kier alpha value is -1.55. The van der Waals surface area contributed by atoms with E-state index in [0.717, 1.165) is 24.3 Å². The lowest BCUT2D eigenvalue weighted by molar-refractivity contribution is -0.126. The largest absolute Gasteiger partial charge is 0.490 e. The number of benzene rings is 1. The van der Waals surface area contributed by atoms with Crippen LogP contribution in [0.3, 0.4) is 0 Å². The van der Waals surface area contributed by atoms with E-state index in [1.54, 1.807) is 6.92 Å². The van der Waals surface area contributed by atoms with Crippen molar-refractivity contribution in [1.82, 2.24) is 0 Å². The van der Waals surface area contributed by atoms with Crippen molar-refractivity contribution in [3.05, 3.63) is 24.3 Å². The molecular formula is C18H25NO3. The Morgan fingerprint density at radius 2 is 2.05 bits per heavy atom. The molecule has 2 aliphatic carbocycles. The first kappa shape index (κ1) is 15.3. The van der Waals surface area contributed by atoms with Crippen LogP contribution in [-0.2, 0) is 9.53 Å². The van der Waals surface area contributed by atoms with Gasteiger partial charge in [-0.05, 0) is 63.5 Å². The summed E-state index contributed by atoms with van der Waals surface area (Å²) in [5.41, 5.74) is 0.766. The van der Waals surface area contributed by atoms with E-state index in [1.165, 1.54) is 25.7 Å². The number of anilines is 1. The smallest absolute Gasteiger partial charge is 0.253 e. The molecule has 0 aliphatic heterocycles. The number of nitrogens with one attached hydrogen (secondary N) is 1. The van der Waals surface area contributed by atoms with Gasteiger partial charge in [0.1, 0.15) is 11.9 Å². The van der Waals surface area contributed by atoms with E-state index in [9.17, 15) is 4.79 Å². The van der Waals surface area contributed by atoms with Crippen LogP contribution >= 0.6 is 0 Å². The van der Waals surface area contributed by atoms with Gasteiger partial charge < -0.3 is 14.8 Å². The van der Waals surface area contributed by atoms with Gasteiger partial charge in [-0.1, -0.05) is 6.07 Å². The molecule has 2 saturated carbocycles. The highest BCUT2D eigenvalue weighted by atomic mass is 16.5. The van der Waals surface area contributed by atoms with Crippen LogP contribution in [-0.4, -0.2) is 24.7 Å². The Balaban J connectivity index is 1.50. The fraction of sp³-hybridized carbons (Fsp3) is 0.611. The molecule has 1 aromatic rings. The maximum atomic E-state index is 12.1. The Morgan fingerprint density at radius 1 is 1.27 bits per heavy atom. The lowest BCUT2D eigenvalue weighted by atomic mass is 10.2. The summed E-state index contributed by atoms with van der Waals surface area (Å²) in [6, 6.07) is 7.63. The molecule has 4 heteroatoms. The Bertz CT molecular complexity index is 507. The molecule has 4 nitrogen and oxygen atoms in total. The molecule has 0 radical (unpaired) electrons. The highest BCUT2D eigenvalue weighted by molar-refractivity contribution is 5.94. The van der Waals surface area contributed by atoms with Gasteiger partial charge in [-0.15, -0.1) is 0 Å². The van der Waals surface area contributed by atoms with Gasteiger partial charge >= 0.3 is 0 Å². The van der Waals surface area contributed by atoms with E-state index in [2.05, 4.69) is 5.32 Å². The molecule has 3 rings (SSSR count). The van der Waals surface area contributed by atoms with Crippen molar-refractivity contribution in [3.8, 4) is 5.75 Å². The summed E-state index contributed by atoms with van der Waals surface area (Å²) in [7, 11) is 0. The van der Waals surface area contributed by atoms with Crippen molar-refractivity contribution in [2.75, 3.05) is 11.9 Å². The highest BCUT2D eigenvalue weighted by Crippen LogP contribution is 2.29. The predicted molar refractivity (Wildman–Crippen MR) is 86.1 cm³/mol. The van der Waals surface area contributed by atoms with Gasteiger partial charge in [-0.3, -0.25) is 4.79 Å². The van der Waals surface area contributed by atoms with E-state index in [4.69, 9.17) is 9.47 Å². The Morgan fingerprint density at radius 3 is 2.77 bits per heavy atom. The van der Waals surface area contributed by atoms with Crippen molar-refractivity contribution in [2.24, 2.45) is 5.92 Å². The van der Waals surface area contributed by atoms with E-state index in [0.29, 0.717) is 18.6 Å². The van der Waals surface area contributed by atoms with Gasteiger partial charge in [0, 0.05) is 11.8 Å². The first-order chi connectivity index (χ1) is 10.7. The minimum atomic E-state index is -0.417. The van der Waals surface area contributed by atoms with Crippen LogP contribution in [0.1, 0.15) is 45.4 Å². The Labute approximate surface area is 132 Å². The molecule has 0 unspecified atom stereocenters. The van der Waals surface area contributed by atoms with E-state index in [-0.39, 0.29) is 5.91 Å². The third kappa shape index (κ3) is 4.47. The van der Waals surface area contributed by atoms with Crippen LogP contribution < -0.4 is 10.1 Å². The number of hydrogen-bond donors (Lipinski definition) is 1. The quantitative estimate of drug-likeness (QED) is 0.834. The number of rotatable bonds is 7. The van der Waals surface area contributed by atoms with Crippen LogP contribution in [0.15, 0.2) is 24.3 Å². The first-order valence-corrected chi connectivity index (χ1v) is 8.40.